The molecule has 0 radical (unpaired) electrons. The monoisotopic (exact) mass is 277 g/mol. The van der Waals surface area contributed by atoms with Gasteiger partial charge in [-0.15, -0.1) is 0 Å². The molecular weight excluding hydrogens is 258 g/mol. The standard InChI is InChI=1S/C13H19N5O2/c1-13(2,3)18-7-14-10-9(11(18)19)17(4)12(16-10)15-8-5-20-6-8/h7-8H,5-6H2,1-4H3,(H,15,16). The van der Waals surface area contributed by atoms with Crippen molar-refractivity contribution in [2.45, 2.75) is 32.4 Å². The summed E-state index contributed by atoms with van der Waals surface area (Å²) in [4.78, 5) is 21.3. The van der Waals surface area contributed by atoms with E-state index in [2.05, 4.69) is 15.3 Å². The highest BCUT2D eigenvalue weighted by Crippen LogP contribution is 2.17. The number of hydrogen-bond donors (Lipinski definition) is 1. The van der Waals surface area contributed by atoms with Gasteiger partial charge in [-0.2, -0.15) is 4.98 Å². The van der Waals surface area contributed by atoms with Gasteiger partial charge in [-0.3, -0.25) is 9.36 Å². The fourth-order valence-corrected chi connectivity index (χ4v) is 2.20. The van der Waals surface area contributed by atoms with Crippen molar-refractivity contribution < 1.29 is 4.74 Å². The van der Waals surface area contributed by atoms with Gasteiger partial charge in [-0.05, 0) is 20.8 Å². The molecule has 3 heterocycles. The van der Waals surface area contributed by atoms with Crippen LogP contribution in [0.4, 0.5) is 5.95 Å². The highest BCUT2D eigenvalue weighted by molar-refractivity contribution is 5.73. The summed E-state index contributed by atoms with van der Waals surface area (Å²) in [6.07, 6.45) is 1.56. The van der Waals surface area contributed by atoms with E-state index in [0.29, 0.717) is 30.3 Å². The van der Waals surface area contributed by atoms with Crippen molar-refractivity contribution >= 4 is 17.1 Å². The van der Waals surface area contributed by atoms with Gasteiger partial charge in [0.2, 0.25) is 5.95 Å². The van der Waals surface area contributed by atoms with Crippen molar-refractivity contribution in [2.24, 2.45) is 7.05 Å². The van der Waals surface area contributed by atoms with Crippen molar-refractivity contribution in [2.75, 3.05) is 18.5 Å². The quantitative estimate of drug-likeness (QED) is 0.874. The molecule has 0 spiro atoms. The molecular formula is C13H19N5O2. The molecule has 1 aliphatic rings. The molecule has 0 aliphatic carbocycles. The smallest absolute Gasteiger partial charge is 0.280 e. The zero-order chi connectivity index (χ0) is 14.5. The Morgan fingerprint density at radius 1 is 1.40 bits per heavy atom. The van der Waals surface area contributed by atoms with E-state index in [1.165, 1.54) is 0 Å². The van der Waals surface area contributed by atoms with Crippen LogP contribution in [-0.2, 0) is 17.3 Å². The van der Waals surface area contributed by atoms with Crippen LogP contribution in [0.25, 0.3) is 11.2 Å². The highest BCUT2D eigenvalue weighted by Gasteiger charge is 2.23. The first-order chi connectivity index (χ1) is 9.38. The largest absolute Gasteiger partial charge is 0.377 e. The maximum Gasteiger partial charge on any atom is 0.280 e. The highest BCUT2D eigenvalue weighted by atomic mass is 16.5. The first kappa shape index (κ1) is 13.1. The summed E-state index contributed by atoms with van der Waals surface area (Å²) in [7, 11) is 1.83. The molecule has 2 aromatic heterocycles. The van der Waals surface area contributed by atoms with E-state index < -0.39 is 0 Å². The summed E-state index contributed by atoms with van der Waals surface area (Å²) in [5, 5.41) is 3.26. The van der Waals surface area contributed by atoms with Crippen LogP contribution in [-0.4, -0.2) is 38.4 Å². The Bertz CT molecular complexity index is 706. The molecule has 2 aromatic rings. The van der Waals surface area contributed by atoms with E-state index in [0.717, 1.165) is 0 Å². The summed E-state index contributed by atoms with van der Waals surface area (Å²) < 4.78 is 8.53. The van der Waals surface area contributed by atoms with Gasteiger partial charge in [0.15, 0.2) is 11.2 Å². The molecule has 20 heavy (non-hydrogen) atoms. The number of anilines is 1. The molecule has 0 bridgehead atoms. The fourth-order valence-electron chi connectivity index (χ4n) is 2.20. The van der Waals surface area contributed by atoms with E-state index >= 15 is 0 Å². The molecule has 7 nitrogen and oxygen atoms in total. The van der Waals surface area contributed by atoms with Gasteiger partial charge < -0.3 is 14.6 Å². The lowest BCUT2D eigenvalue weighted by Crippen LogP contribution is -2.41. The SMILES string of the molecule is Cn1c(NC2COC2)nc2ncn(C(C)(C)C)c(=O)c21. The molecule has 7 heteroatoms. The van der Waals surface area contributed by atoms with Crippen molar-refractivity contribution in [3.05, 3.63) is 16.7 Å². The number of rotatable bonds is 2. The van der Waals surface area contributed by atoms with Crippen LogP contribution in [0.5, 0.6) is 0 Å². The Morgan fingerprint density at radius 2 is 2.10 bits per heavy atom. The Morgan fingerprint density at radius 3 is 2.65 bits per heavy atom. The van der Waals surface area contributed by atoms with Crippen molar-refractivity contribution in [1.82, 2.24) is 19.1 Å². The van der Waals surface area contributed by atoms with Crippen molar-refractivity contribution in [1.29, 1.82) is 0 Å². The first-order valence-corrected chi connectivity index (χ1v) is 6.67. The zero-order valence-corrected chi connectivity index (χ0v) is 12.2. The Kier molecular flexibility index (Phi) is 2.82. The summed E-state index contributed by atoms with van der Waals surface area (Å²) in [6.45, 7) is 7.27. The van der Waals surface area contributed by atoms with Crippen LogP contribution >= 0.6 is 0 Å². The summed E-state index contributed by atoms with van der Waals surface area (Å²) in [5.41, 5.74) is 0.610. The number of nitrogens with one attached hydrogen (secondary N) is 1. The van der Waals surface area contributed by atoms with Crippen LogP contribution in [0.15, 0.2) is 11.1 Å². The minimum atomic E-state index is -0.308. The molecule has 0 unspecified atom stereocenters. The second kappa shape index (κ2) is 4.31. The second-order valence-corrected chi connectivity index (χ2v) is 6.14. The van der Waals surface area contributed by atoms with E-state index in [9.17, 15) is 4.79 Å². The van der Waals surface area contributed by atoms with Crippen molar-refractivity contribution in [3.8, 4) is 0 Å². The van der Waals surface area contributed by atoms with Gasteiger partial charge in [0, 0.05) is 12.6 Å². The fraction of sp³-hybridized carbons (Fsp3) is 0.615. The lowest BCUT2D eigenvalue weighted by atomic mass is 10.1. The van der Waals surface area contributed by atoms with E-state index in [1.54, 1.807) is 15.5 Å². The number of ether oxygens (including phenoxy) is 1. The van der Waals surface area contributed by atoms with Crippen LogP contribution < -0.4 is 10.9 Å². The maximum absolute atomic E-state index is 12.6. The first-order valence-electron chi connectivity index (χ1n) is 6.67. The predicted octanol–water partition coefficient (Wildman–Crippen LogP) is 0.696. The zero-order valence-electron chi connectivity index (χ0n) is 12.2. The Balaban J connectivity index is 2.12. The number of nitrogens with zero attached hydrogens (tertiary/aromatic N) is 4. The molecule has 1 saturated heterocycles. The number of aryl methyl sites for hydroxylation is 1. The third-order valence-electron chi connectivity index (χ3n) is 3.49. The average Bonchev–Trinajstić information content (AvgIpc) is 2.60. The lowest BCUT2D eigenvalue weighted by molar-refractivity contribution is 0.0207. The normalized spacial score (nSPS) is 16.4. The van der Waals surface area contributed by atoms with Gasteiger partial charge in [-0.25, -0.2) is 4.98 Å². The third-order valence-corrected chi connectivity index (χ3v) is 3.49. The molecule has 1 fully saturated rings. The minimum Gasteiger partial charge on any atom is -0.377 e. The third kappa shape index (κ3) is 1.98. The van der Waals surface area contributed by atoms with Gasteiger partial charge in [0.05, 0.1) is 19.3 Å². The van der Waals surface area contributed by atoms with Gasteiger partial charge >= 0.3 is 0 Å². The number of aromatic nitrogens is 4. The maximum atomic E-state index is 12.6. The van der Waals surface area contributed by atoms with E-state index in [4.69, 9.17) is 4.74 Å². The van der Waals surface area contributed by atoms with Crippen LogP contribution in [0.1, 0.15) is 20.8 Å². The van der Waals surface area contributed by atoms with Crippen LogP contribution in [0.2, 0.25) is 0 Å². The topological polar surface area (TPSA) is 74.0 Å². The molecule has 3 rings (SSSR count). The number of hydrogen-bond acceptors (Lipinski definition) is 5. The van der Waals surface area contributed by atoms with E-state index in [1.807, 2.05) is 27.8 Å². The Hall–Kier alpha value is -1.89. The summed E-state index contributed by atoms with van der Waals surface area (Å²) >= 11 is 0. The summed E-state index contributed by atoms with van der Waals surface area (Å²) in [6, 6.07) is 0.260. The minimum absolute atomic E-state index is 0.0737. The van der Waals surface area contributed by atoms with Crippen molar-refractivity contribution in [3.63, 3.8) is 0 Å². The number of imidazole rings is 1. The summed E-state index contributed by atoms with van der Waals surface area (Å²) in [5.74, 6) is 0.657. The van der Waals surface area contributed by atoms with Gasteiger partial charge in [0.25, 0.3) is 5.56 Å². The predicted molar refractivity (Wildman–Crippen MR) is 76.0 cm³/mol. The van der Waals surface area contributed by atoms with Crippen LogP contribution in [0, 0.1) is 0 Å². The number of fused-ring (bicyclic) bond motifs is 1. The van der Waals surface area contributed by atoms with E-state index in [-0.39, 0.29) is 17.1 Å². The lowest BCUT2D eigenvalue weighted by Gasteiger charge is -2.27. The molecule has 0 amide bonds. The second-order valence-electron chi connectivity index (χ2n) is 6.14. The average molecular weight is 277 g/mol. The molecule has 1 N–H and O–H groups in total. The molecule has 0 aromatic carbocycles. The molecule has 0 saturated carbocycles. The molecule has 108 valence electrons. The molecule has 0 atom stereocenters. The Labute approximate surface area is 116 Å². The van der Waals surface area contributed by atoms with Gasteiger partial charge in [0.1, 0.15) is 6.33 Å². The molecule has 1 aliphatic heterocycles. The van der Waals surface area contributed by atoms with Crippen LogP contribution in [0.3, 0.4) is 0 Å². The van der Waals surface area contributed by atoms with Gasteiger partial charge in [-0.1, -0.05) is 0 Å².